The summed E-state index contributed by atoms with van der Waals surface area (Å²) in [6.45, 7) is 2.12. The van der Waals surface area contributed by atoms with E-state index in [4.69, 9.17) is 4.74 Å². The predicted molar refractivity (Wildman–Crippen MR) is 106 cm³/mol. The quantitative estimate of drug-likeness (QED) is 0.504. The lowest BCUT2D eigenvalue weighted by molar-refractivity contribution is 0.404. The molecule has 142 valence electrons. The van der Waals surface area contributed by atoms with Gasteiger partial charge in [0.15, 0.2) is 5.65 Å². The van der Waals surface area contributed by atoms with Crippen molar-refractivity contribution in [1.29, 1.82) is 0 Å². The lowest BCUT2D eigenvalue weighted by Gasteiger charge is -2.12. The van der Waals surface area contributed by atoms with E-state index in [9.17, 15) is 4.39 Å². The molecule has 6 heteroatoms. The summed E-state index contributed by atoms with van der Waals surface area (Å²) in [4.78, 5) is 4.28. The van der Waals surface area contributed by atoms with E-state index >= 15 is 0 Å². The Labute approximate surface area is 162 Å². The molecule has 0 aliphatic carbocycles. The molecule has 28 heavy (non-hydrogen) atoms. The van der Waals surface area contributed by atoms with E-state index in [-0.39, 0.29) is 5.82 Å². The average molecular weight is 376 g/mol. The number of nitrogens with zero attached hydrogens (tertiary/aromatic N) is 4. The summed E-state index contributed by atoms with van der Waals surface area (Å²) in [5.74, 6) is 0.318. The fraction of sp³-hybridized carbons (Fsp3) is 0.227. The van der Waals surface area contributed by atoms with Crippen molar-refractivity contribution in [3.8, 4) is 16.9 Å². The van der Waals surface area contributed by atoms with Crippen LogP contribution in [0.15, 0.2) is 55.1 Å². The van der Waals surface area contributed by atoms with E-state index in [1.165, 1.54) is 11.6 Å². The lowest BCUT2D eigenvalue weighted by atomic mass is 10.00. The number of hydrogen-bond donors (Lipinski definition) is 0. The minimum Gasteiger partial charge on any atom is -0.496 e. The second kappa shape index (κ2) is 7.76. The Balaban J connectivity index is 1.71. The van der Waals surface area contributed by atoms with Crippen LogP contribution in [0.3, 0.4) is 0 Å². The number of aryl methyl sites for hydroxylation is 2. The molecule has 0 saturated heterocycles. The van der Waals surface area contributed by atoms with Crippen molar-refractivity contribution >= 4 is 5.65 Å². The Hall–Kier alpha value is -3.28. The van der Waals surface area contributed by atoms with Crippen molar-refractivity contribution in [3.05, 3.63) is 77.8 Å². The van der Waals surface area contributed by atoms with Gasteiger partial charge < -0.3 is 4.74 Å². The number of hydrogen-bond acceptors (Lipinski definition) is 4. The van der Waals surface area contributed by atoms with E-state index in [0.717, 1.165) is 28.9 Å². The van der Waals surface area contributed by atoms with E-state index in [2.05, 4.69) is 22.1 Å². The van der Waals surface area contributed by atoms with Crippen molar-refractivity contribution < 1.29 is 9.13 Å². The maximum atomic E-state index is 14.2. The average Bonchev–Trinajstić information content (AvgIpc) is 3.22. The van der Waals surface area contributed by atoms with E-state index < -0.39 is 0 Å². The van der Waals surface area contributed by atoms with Crippen LogP contribution in [0.5, 0.6) is 5.75 Å². The Kier molecular flexibility index (Phi) is 5.02. The zero-order valence-electron chi connectivity index (χ0n) is 15.9. The molecule has 0 N–H and O–H groups in total. The first-order valence-corrected chi connectivity index (χ1v) is 9.29. The fourth-order valence-corrected chi connectivity index (χ4v) is 3.58. The number of pyridine rings is 2. The minimum absolute atomic E-state index is 0.251. The zero-order chi connectivity index (χ0) is 19.5. The van der Waals surface area contributed by atoms with Crippen molar-refractivity contribution in [2.45, 2.75) is 26.2 Å². The van der Waals surface area contributed by atoms with Crippen LogP contribution in [0.2, 0.25) is 0 Å². The van der Waals surface area contributed by atoms with Gasteiger partial charge >= 0.3 is 0 Å². The number of methoxy groups -OCH3 is 1. The van der Waals surface area contributed by atoms with Gasteiger partial charge in [-0.15, -0.1) is 10.2 Å². The van der Waals surface area contributed by atoms with Gasteiger partial charge in [0, 0.05) is 34.8 Å². The first-order valence-electron chi connectivity index (χ1n) is 9.29. The van der Waals surface area contributed by atoms with E-state index in [1.807, 2.05) is 28.8 Å². The van der Waals surface area contributed by atoms with Crippen LogP contribution in [0.25, 0.3) is 16.8 Å². The van der Waals surface area contributed by atoms with Gasteiger partial charge in [-0.1, -0.05) is 13.0 Å². The molecule has 0 aliphatic heterocycles. The Morgan fingerprint density at radius 1 is 1.07 bits per heavy atom. The SMILES string of the molecule is CCc1ccncc1-c1ccc(CCc2c(F)cccc2OC)n2cnnc12. The summed E-state index contributed by atoms with van der Waals surface area (Å²) in [5, 5.41) is 8.43. The molecular weight excluding hydrogens is 355 g/mol. The molecule has 3 aromatic heterocycles. The summed E-state index contributed by atoms with van der Waals surface area (Å²) < 4.78 is 21.5. The highest BCUT2D eigenvalue weighted by Gasteiger charge is 2.14. The van der Waals surface area contributed by atoms with Gasteiger partial charge in [0.1, 0.15) is 17.9 Å². The smallest absolute Gasteiger partial charge is 0.168 e. The number of fused-ring (bicyclic) bond motifs is 1. The number of benzene rings is 1. The molecule has 1 aromatic carbocycles. The molecule has 0 spiro atoms. The van der Waals surface area contributed by atoms with Gasteiger partial charge in [-0.3, -0.25) is 9.38 Å². The molecular formula is C22H21FN4O. The van der Waals surface area contributed by atoms with Crippen LogP contribution in [0, 0.1) is 5.82 Å². The van der Waals surface area contributed by atoms with Crippen molar-refractivity contribution in [3.63, 3.8) is 0 Å². The third kappa shape index (κ3) is 3.22. The van der Waals surface area contributed by atoms with Gasteiger partial charge in [-0.2, -0.15) is 0 Å². The Morgan fingerprint density at radius 2 is 1.96 bits per heavy atom. The van der Waals surface area contributed by atoms with Crippen molar-refractivity contribution in [2.75, 3.05) is 7.11 Å². The summed E-state index contributed by atoms with van der Waals surface area (Å²) in [6, 6.07) is 11.0. The monoisotopic (exact) mass is 376 g/mol. The number of aromatic nitrogens is 4. The fourth-order valence-electron chi connectivity index (χ4n) is 3.58. The highest BCUT2D eigenvalue weighted by atomic mass is 19.1. The molecule has 0 aliphatic rings. The van der Waals surface area contributed by atoms with Gasteiger partial charge in [-0.05, 0) is 55.2 Å². The molecule has 0 bridgehead atoms. The molecule has 0 amide bonds. The van der Waals surface area contributed by atoms with Crippen LogP contribution in [-0.4, -0.2) is 26.7 Å². The van der Waals surface area contributed by atoms with Crippen LogP contribution in [-0.2, 0) is 19.3 Å². The molecule has 0 unspecified atom stereocenters. The van der Waals surface area contributed by atoms with Crippen LogP contribution in [0.1, 0.15) is 23.7 Å². The summed E-state index contributed by atoms with van der Waals surface area (Å²) in [6.07, 6.45) is 7.45. The lowest BCUT2D eigenvalue weighted by Crippen LogP contribution is -2.03. The number of rotatable bonds is 6. The molecule has 3 heterocycles. The van der Waals surface area contributed by atoms with Gasteiger partial charge in [-0.25, -0.2) is 4.39 Å². The molecule has 0 fully saturated rings. The molecule has 4 aromatic rings. The highest BCUT2D eigenvalue weighted by molar-refractivity contribution is 5.79. The molecule has 5 nitrogen and oxygen atoms in total. The molecule has 0 saturated carbocycles. The van der Waals surface area contributed by atoms with Crippen molar-refractivity contribution in [2.24, 2.45) is 0 Å². The zero-order valence-corrected chi connectivity index (χ0v) is 15.9. The summed E-state index contributed by atoms with van der Waals surface area (Å²) in [7, 11) is 1.56. The van der Waals surface area contributed by atoms with E-state index in [0.29, 0.717) is 24.2 Å². The second-order valence-corrected chi connectivity index (χ2v) is 6.57. The van der Waals surface area contributed by atoms with Gasteiger partial charge in [0.05, 0.1) is 7.11 Å². The molecule has 4 rings (SSSR count). The normalized spacial score (nSPS) is 11.1. The maximum absolute atomic E-state index is 14.2. The third-order valence-corrected chi connectivity index (χ3v) is 5.05. The Bertz CT molecular complexity index is 1120. The first kappa shape index (κ1) is 18.1. The van der Waals surface area contributed by atoms with E-state index in [1.54, 1.807) is 31.8 Å². The first-order chi connectivity index (χ1) is 13.7. The number of ether oxygens (including phenoxy) is 1. The van der Waals surface area contributed by atoms with Gasteiger partial charge in [0.25, 0.3) is 0 Å². The topological polar surface area (TPSA) is 52.3 Å². The minimum atomic E-state index is -0.251. The summed E-state index contributed by atoms with van der Waals surface area (Å²) in [5.41, 5.74) is 5.64. The van der Waals surface area contributed by atoms with Crippen LogP contribution >= 0.6 is 0 Å². The third-order valence-electron chi connectivity index (χ3n) is 5.05. The Morgan fingerprint density at radius 3 is 2.79 bits per heavy atom. The molecule has 0 radical (unpaired) electrons. The standard InChI is InChI=1S/C22H21FN4O/c1-3-15-11-12-24-13-19(15)17-9-7-16(27-14-25-26-22(17)27)8-10-18-20(23)5-4-6-21(18)28-2/h4-7,9,11-14H,3,8,10H2,1-2H3. The second-order valence-electron chi connectivity index (χ2n) is 6.57. The molecule has 0 atom stereocenters. The maximum Gasteiger partial charge on any atom is 0.168 e. The number of halogens is 1. The van der Waals surface area contributed by atoms with Gasteiger partial charge in [0.2, 0.25) is 0 Å². The largest absolute Gasteiger partial charge is 0.496 e. The van der Waals surface area contributed by atoms with Crippen LogP contribution < -0.4 is 4.74 Å². The van der Waals surface area contributed by atoms with Crippen molar-refractivity contribution in [1.82, 2.24) is 19.6 Å². The van der Waals surface area contributed by atoms with Crippen LogP contribution in [0.4, 0.5) is 4.39 Å². The summed E-state index contributed by atoms with van der Waals surface area (Å²) >= 11 is 0. The predicted octanol–water partition coefficient (Wildman–Crippen LogP) is 4.29. The highest BCUT2D eigenvalue weighted by Crippen LogP contribution is 2.28.